The minimum atomic E-state index is -0.753. The molecule has 1 aliphatic heterocycles. The zero-order valence-electron chi connectivity index (χ0n) is 20.2. The average molecular weight is 505 g/mol. The van der Waals surface area contributed by atoms with Crippen molar-refractivity contribution < 1.29 is 23.1 Å². The van der Waals surface area contributed by atoms with Crippen LogP contribution in [0.3, 0.4) is 0 Å². The SMILES string of the molecule is CCOC(=O)c1c(N2CCN(C(=O)c3ccco3)CC2)c2ncccc2n(Cc2cccc(F)c2)c1=O. The van der Waals surface area contributed by atoms with Gasteiger partial charge in [-0.15, -0.1) is 0 Å². The van der Waals surface area contributed by atoms with E-state index < -0.39 is 17.3 Å². The first kappa shape index (κ1) is 24.2. The molecule has 1 fully saturated rings. The highest BCUT2D eigenvalue weighted by Crippen LogP contribution is 2.29. The number of rotatable bonds is 6. The minimum absolute atomic E-state index is 0.0525. The maximum absolute atomic E-state index is 13.9. The number of aromatic nitrogens is 2. The van der Waals surface area contributed by atoms with Crippen LogP contribution in [0.1, 0.15) is 33.4 Å². The number of ether oxygens (including phenoxy) is 1. The molecule has 0 spiro atoms. The van der Waals surface area contributed by atoms with E-state index in [2.05, 4.69) is 4.98 Å². The van der Waals surface area contributed by atoms with Crippen molar-refractivity contribution in [1.82, 2.24) is 14.5 Å². The Hall–Kier alpha value is -4.47. The van der Waals surface area contributed by atoms with Crippen LogP contribution in [0.25, 0.3) is 11.0 Å². The van der Waals surface area contributed by atoms with Crippen molar-refractivity contribution in [3.63, 3.8) is 0 Å². The number of fused-ring (bicyclic) bond motifs is 1. The summed E-state index contributed by atoms with van der Waals surface area (Å²) < 4.78 is 25.8. The normalized spacial score (nSPS) is 13.7. The Labute approximate surface area is 211 Å². The molecule has 0 saturated carbocycles. The fraction of sp³-hybridized carbons (Fsp3) is 0.259. The minimum Gasteiger partial charge on any atom is -0.462 e. The lowest BCUT2D eigenvalue weighted by Gasteiger charge is -2.36. The Balaban J connectivity index is 1.58. The highest BCUT2D eigenvalue weighted by Gasteiger charge is 2.31. The van der Waals surface area contributed by atoms with Crippen LogP contribution in [0.5, 0.6) is 0 Å². The molecule has 0 radical (unpaired) electrons. The Bertz CT molecular complexity index is 1510. The third kappa shape index (κ3) is 4.69. The molecule has 0 bridgehead atoms. The van der Waals surface area contributed by atoms with Gasteiger partial charge in [0.15, 0.2) is 11.3 Å². The lowest BCUT2D eigenvalue weighted by molar-refractivity contribution is 0.0523. The summed E-state index contributed by atoms with van der Waals surface area (Å²) in [7, 11) is 0. The molecule has 5 rings (SSSR count). The van der Waals surface area contributed by atoms with E-state index in [0.717, 1.165) is 0 Å². The molecule has 1 aromatic carbocycles. The molecule has 37 heavy (non-hydrogen) atoms. The second kappa shape index (κ2) is 10.3. The summed E-state index contributed by atoms with van der Waals surface area (Å²) in [6, 6.07) is 12.7. The zero-order chi connectivity index (χ0) is 25.9. The van der Waals surface area contributed by atoms with Gasteiger partial charge < -0.3 is 23.5 Å². The van der Waals surface area contributed by atoms with Crippen LogP contribution < -0.4 is 10.5 Å². The van der Waals surface area contributed by atoms with Gasteiger partial charge in [0.25, 0.3) is 11.5 Å². The number of hydrogen-bond acceptors (Lipinski definition) is 7. The summed E-state index contributed by atoms with van der Waals surface area (Å²) in [5.41, 5.74) is 1.23. The van der Waals surface area contributed by atoms with E-state index in [1.807, 2.05) is 4.90 Å². The summed E-state index contributed by atoms with van der Waals surface area (Å²) >= 11 is 0. The van der Waals surface area contributed by atoms with Gasteiger partial charge in [0.2, 0.25) is 0 Å². The number of furan rings is 1. The molecule has 0 N–H and O–H groups in total. The quantitative estimate of drug-likeness (QED) is 0.372. The highest BCUT2D eigenvalue weighted by molar-refractivity contribution is 6.04. The van der Waals surface area contributed by atoms with E-state index in [9.17, 15) is 18.8 Å². The van der Waals surface area contributed by atoms with Crippen LogP contribution in [-0.4, -0.2) is 59.1 Å². The van der Waals surface area contributed by atoms with Gasteiger partial charge in [0.05, 0.1) is 30.6 Å². The Morgan fingerprint density at radius 1 is 1.08 bits per heavy atom. The first-order valence-corrected chi connectivity index (χ1v) is 12.0. The van der Waals surface area contributed by atoms with Crippen LogP contribution >= 0.6 is 0 Å². The summed E-state index contributed by atoms with van der Waals surface area (Å²) in [6.45, 7) is 3.28. The van der Waals surface area contributed by atoms with E-state index in [0.29, 0.717) is 48.5 Å². The number of amides is 1. The second-order valence-corrected chi connectivity index (χ2v) is 8.59. The zero-order valence-corrected chi connectivity index (χ0v) is 20.2. The summed E-state index contributed by atoms with van der Waals surface area (Å²) in [6.07, 6.45) is 3.04. The summed E-state index contributed by atoms with van der Waals surface area (Å²) in [5, 5.41) is 0. The molecule has 0 unspecified atom stereocenters. The predicted octanol–water partition coefficient (Wildman–Crippen LogP) is 3.32. The highest BCUT2D eigenvalue weighted by atomic mass is 19.1. The molecule has 1 aliphatic rings. The van der Waals surface area contributed by atoms with Gasteiger partial charge in [-0.2, -0.15) is 0 Å². The van der Waals surface area contributed by atoms with Crippen molar-refractivity contribution in [2.75, 3.05) is 37.7 Å². The third-order valence-corrected chi connectivity index (χ3v) is 6.32. The number of benzene rings is 1. The topological polar surface area (TPSA) is 97.9 Å². The number of carbonyl (C=O) groups is 2. The molecular formula is C27H25FN4O5. The molecule has 4 aromatic rings. The van der Waals surface area contributed by atoms with Crippen LogP contribution in [0.2, 0.25) is 0 Å². The van der Waals surface area contributed by atoms with E-state index in [-0.39, 0.29) is 30.4 Å². The summed E-state index contributed by atoms with van der Waals surface area (Å²) in [5.74, 6) is -1.13. The second-order valence-electron chi connectivity index (χ2n) is 8.59. The number of piperazine rings is 1. The van der Waals surface area contributed by atoms with Crippen LogP contribution in [-0.2, 0) is 11.3 Å². The van der Waals surface area contributed by atoms with Crippen molar-refractivity contribution in [1.29, 1.82) is 0 Å². The number of esters is 1. The van der Waals surface area contributed by atoms with Gasteiger partial charge >= 0.3 is 5.97 Å². The molecule has 3 aromatic heterocycles. The molecule has 1 saturated heterocycles. The van der Waals surface area contributed by atoms with Crippen LogP contribution in [0.15, 0.2) is 70.2 Å². The van der Waals surface area contributed by atoms with Gasteiger partial charge in [-0.25, -0.2) is 9.18 Å². The molecule has 1 amide bonds. The van der Waals surface area contributed by atoms with Crippen LogP contribution in [0, 0.1) is 5.82 Å². The Morgan fingerprint density at radius 2 is 1.89 bits per heavy atom. The fourth-order valence-electron chi connectivity index (χ4n) is 4.62. The predicted molar refractivity (Wildman–Crippen MR) is 134 cm³/mol. The van der Waals surface area contributed by atoms with Gasteiger partial charge in [-0.3, -0.25) is 14.6 Å². The first-order valence-electron chi connectivity index (χ1n) is 12.0. The van der Waals surface area contributed by atoms with E-state index in [4.69, 9.17) is 9.15 Å². The summed E-state index contributed by atoms with van der Waals surface area (Å²) in [4.78, 5) is 47.8. The number of pyridine rings is 2. The van der Waals surface area contributed by atoms with Gasteiger partial charge in [-0.05, 0) is 48.9 Å². The molecule has 0 aliphatic carbocycles. The van der Waals surface area contributed by atoms with Gasteiger partial charge in [0.1, 0.15) is 11.3 Å². The smallest absolute Gasteiger partial charge is 0.346 e. The van der Waals surface area contributed by atoms with E-state index in [1.54, 1.807) is 54.4 Å². The number of hydrogen-bond donors (Lipinski definition) is 0. The molecule has 4 heterocycles. The molecule has 0 atom stereocenters. The van der Waals surface area contributed by atoms with Crippen molar-refractivity contribution in [3.05, 3.63) is 94.0 Å². The third-order valence-electron chi connectivity index (χ3n) is 6.32. The maximum Gasteiger partial charge on any atom is 0.346 e. The lowest BCUT2D eigenvalue weighted by atomic mass is 10.1. The molecule has 10 heteroatoms. The average Bonchev–Trinajstić information content (AvgIpc) is 3.45. The molecular weight excluding hydrogens is 479 g/mol. The first-order chi connectivity index (χ1) is 18.0. The Morgan fingerprint density at radius 3 is 2.59 bits per heavy atom. The number of nitrogens with zero attached hydrogens (tertiary/aromatic N) is 4. The van der Waals surface area contributed by atoms with Crippen molar-refractivity contribution in [2.45, 2.75) is 13.5 Å². The fourth-order valence-corrected chi connectivity index (χ4v) is 4.62. The molecule has 190 valence electrons. The van der Waals surface area contributed by atoms with Crippen molar-refractivity contribution in [2.24, 2.45) is 0 Å². The number of anilines is 1. The standard InChI is InChI=1S/C27H25FN4O5/c1-2-36-27(35)22-24(30-11-13-31(14-12-30)25(33)21-9-5-15-37-21)23-20(8-4-10-29-23)32(26(22)34)17-18-6-3-7-19(28)16-18/h3-10,15-16H,2,11-14,17H2,1H3. The monoisotopic (exact) mass is 504 g/mol. The van der Waals surface area contributed by atoms with Crippen LogP contribution in [0.4, 0.5) is 10.1 Å². The maximum atomic E-state index is 13.9. The van der Waals surface area contributed by atoms with E-state index >= 15 is 0 Å². The largest absolute Gasteiger partial charge is 0.462 e. The lowest BCUT2D eigenvalue weighted by Crippen LogP contribution is -2.49. The number of carbonyl (C=O) groups excluding carboxylic acids is 2. The number of halogens is 1. The van der Waals surface area contributed by atoms with Gasteiger partial charge in [0, 0.05) is 32.4 Å². The van der Waals surface area contributed by atoms with Crippen molar-refractivity contribution >= 4 is 28.6 Å². The molecule has 9 nitrogen and oxygen atoms in total. The van der Waals surface area contributed by atoms with Crippen molar-refractivity contribution in [3.8, 4) is 0 Å². The van der Waals surface area contributed by atoms with E-state index in [1.165, 1.54) is 23.0 Å². The van der Waals surface area contributed by atoms with Gasteiger partial charge in [-0.1, -0.05) is 12.1 Å². The Kier molecular flexibility index (Phi) is 6.72.